The maximum Gasteiger partial charge on any atom is 0.509 e. The first-order valence-electron chi connectivity index (χ1n) is 4.38. The van der Waals surface area contributed by atoms with Crippen LogP contribution in [0.4, 0.5) is 4.79 Å². The highest BCUT2D eigenvalue weighted by molar-refractivity contribution is 5.60. The molecule has 1 aromatic carbocycles. The van der Waals surface area contributed by atoms with E-state index in [0.29, 0.717) is 5.56 Å². The minimum Gasteiger partial charge on any atom is -0.438 e. The van der Waals surface area contributed by atoms with Crippen LogP contribution in [0, 0.1) is 18.3 Å². The zero-order valence-corrected chi connectivity index (χ0v) is 8.56. The second-order valence-corrected chi connectivity index (χ2v) is 2.99. The molecule has 0 aliphatic carbocycles. The molecule has 0 N–H and O–H groups in total. The molecule has 4 nitrogen and oxygen atoms in total. The molecule has 0 aliphatic heterocycles. The highest BCUT2D eigenvalue weighted by Gasteiger charge is 2.15. The summed E-state index contributed by atoms with van der Waals surface area (Å²) in [6.45, 7) is 1.94. The zero-order chi connectivity index (χ0) is 11.3. The number of carbonyl (C=O) groups is 1. The predicted octanol–water partition coefficient (Wildman–Crippen LogP) is 2.34. The van der Waals surface area contributed by atoms with Crippen molar-refractivity contribution in [2.75, 3.05) is 7.11 Å². The Bertz CT molecular complexity index is 378. The van der Waals surface area contributed by atoms with Gasteiger partial charge in [-0.05, 0) is 6.92 Å². The molecule has 1 aromatic rings. The Kier molecular flexibility index (Phi) is 3.69. The number of benzene rings is 1. The molecule has 78 valence electrons. The molecule has 0 unspecified atom stereocenters. The van der Waals surface area contributed by atoms with Crippen LogP contribution in [-0.4, -0.2) is 13.3 Å². The van der Waals surface area contributed by atoms with E-state index in [1.165, 1.54) is 7.11 Å². The average Bonchev–Trinajstić information content (AvgIpc) is 2.27. The first-order chi connectivity index (χ1) is 7.17. The van der Waals surface area contributed by atoms with E-state index in [1.54, 1.807) is 12.1 Å². The van der Waals surface area contributed by atoms with Crippen LogP contribution in [0.25, 0.3) is 0 Å². The lowest BCUT2D eigenvalue weighted by atomic mass is 10.1. The summed E-state index contributed by atoms with van der Waals surface area (Å²) >= 11 is 0. The SMILES string of the molecule is COC(=O)O[C@@H](C#N)c1ccc(C)cc1. The van der Waals surface area contributed by atoms with Gasteiger partial charge in [0.25, 0.3) is 0 Å². The average molecular weight is 205 g/mol. The molecule has 0 aromatic heterocycles. The number of hydrogen-bond donors (Lipinski definition) is 0. The van der Waals surface area contributed by atoms with E-state index < -0.39 is 12.3 Å². The van der Waals surface area contributed by atoms with Gasteiger partial charge < -0.3 is 9.47 Å². The van der Waals surface area contributed by atoms with E-state index in [0.717, 1.165) is 5.56 Å². The van der Waals surface area contributed by atoms with Crippen molar-refractivity contribution in [3.63, 3.8) is 0 Å². The third-order valence-electron chi connectivity index (χ3n) is 1.88. The Morgan fingerprint density at radius 2 is 2.00 bits per heavy atom. The molecular formula is C11H11NO3. The van der Waals surface area contributed by atoms with Crippen molar-refractivity contribution in [1.29, 1.82) is 5.26 Å². The maximum absolute atomic E-state index is 10.8. The number of ether oxygens (including phenoxy) is 2. The molecule has 0 spiro atoms. The second-order valence-electron chi connectivity index (χ2n) is 2.99. The van der Waals surface area contributed by atoms with Crippen molar-refractivity contribution in [2.45, 2.75) is 13.0 Å². The summed E-state index contributed by atoms with van der Waals surface area (Å²) in [5.41, 5.74) is 1.71. The molecule has 0 heterocycles. The number of rotatable bonds is 2. The summed E-state index contributed by atoms with van der Waals surface area (Å²) in [7, 11) is 1.20. The smallest absolute Gasteiger partial charge is 0.438 e. The molecule has 0 radical (unpaired) electrons. The van der Waals surface area contributed by atoms with Crippen molar-refractivity contribution < 1.29 is 14.3 Å². The topological polar surface area (TPSA) is 59.3 Å². The predicted molar refractivity (Wildman–Crippen MR) is 53.0 cm³/mol. The molecule has 1 atom stereocenters. The Hall–Kier alpha value is -2.02. The minimum absolute atomic E-state index is 0.633. The largest absolute Gasteiger partial charge is 0.509 e. The summed E-state index contributed by atoms with van der Waals surface area (Å²) in [5.74, 6) is 0. The highest BCUT2D eigenvalue weighted by atomic mass is 16.7. The van der Waals surface area contributed by atoms with Crippen molar-refractivity contribution in [1.82, 2.24) is 0 Å². The third-order valence-corrected chi connectivity index (χ3v) is 1.88. The van der Waals surface area contributed by atoms with Crippen molar-refractivity contribution in [3.8, 4) is 6.07 Å². The highest BCUT2D eigenvalue weighted by Crippen LogP contribution is 2.17. The number of carbonyl (C=O) groups excluding carboxylic acids is 1. The van der Waals surface area contributed by atoms with Gasteiger partial charge in [0, 0.05) is 5.56 Å². The van der Waals surface area contributed by atoms with Crippen LogP contribution < -0.4 is 0 Å². The van der Waals surface area contributed by atoms with Crippen molar-refractivity contribution in [2.24, 2.45) is 0 Å². The zero-order valence-electron chi connectivity index (χ0n) is 8.56. The number of nitriles is 1. The van der Waals surface area contributed by atoms with Crippen LogP contribution >= 0.6 is 0 Å². The summed E-state index contributed by atoms with van der Waals surface area (Å²) in [6, 6.07) is 9.06. The monoisotopic (exact) mass is 205 g/mol. The molecule has 1 rings (SSSR count). The van der Waals surface area contributed by atoms with Gasteiger partial charge in [0.2, 0.25) is 6.10 Å². The van der Waals surface area contributed by atoms with E-state index >= 15 is 0 Å². The quantitative estimate of drug-likeness (QED) is 0.695. The molecule has 0 fully saturated rings. The lowest BCUT2D eigenvalue weighted by Crippen LogP contribution is -2.09. The van der Waals surface area contributed by atoms with E-state index in [2.05, 4.69) is 4.74 Å². The van der Waals surface area contributed by atoms with Crippen molar-refractivity contribution >= 4 is 6.16 Å². The lowest BCUT2D eigenvalue weighted by molar-refractivity contribution is 0.0544. The fourth-order valence-corrected chi connectivity index (χ4v) is 1.05. The molecule has 0 saturated carbocycles. The van der Waals surface area contributed by atoms with Crippen LogP contribution in [0.2, 0.25) is 0 Å². The third kappa shape index (κ3) is 2.99. The number of aryl methyl sites for hydroxylation is 1. The fraction of sp³-hybridized carbons (Fsp3) is 0.273. The second kappa shape index (κ2) is 5.01. The standard InChI is InChI=1S/C11H11NO3/c1-8-3-5-9(6-4-8)10(7-12)15-11(13)14-2/h3-6,10H,1-2H3/t10-/m0/s1. The summed E-state index contributed by atoms with van der Waals surface area (Å²) < 4.78 is 9.07. The van der Waals surface area contributed by atoms with E-state index in [4.69, 9.17) is 10.00 Å². The first kappa shape index (κ1) is 11.1. The van der Waals surface area contributed by atoms with E-state index in [1.807, 2.05) is 25.1 Å². The van der Waals surface area contributed by atoms with Crippen LogP contribution in [0.15, 0.2) is 24.3 Å². The van der Waals surface area contributed by atoms with E-state index in [9.17, 15) is 4.79 Å². The molecule has 0 amide bonds. The van der Waals surface area contributed by atoms with E-state index in [-0.39, 0.29) is 0 Å². The van der Waals surface area contributed by atoms with Gasteiger partial charge in [-0.2, -0.15) is 5.26 Å². The number of nitrogens with zero attached hydrogens (tertiary/aromatic N) is 1. The summed E-state index contributed by atoms with van der Waals surface area (Å²) in [4.78, 5) is 10.8. The van der Waals surface area contributed by atoms with Gasteiger partial charge in [0.05, 0.1) is 7.11 Å². The lowest BCUT2D eigenvalue weighted by Gasteiger charge is -2.09. The summed E-state index contributed by atoms with van der Waals surface area (Å²) in [5, 5.41) is 8.81. The Balaban J connectivity index is 2.80. The summed E-state index contributed by atoms with van der Waals surface area (Å²) in [6.07, 6.45) is -1.78. The molecule has 4 heteroatoms. The minimum atomic E-state index is -0.918. The van der Waals surface area contributed by atoms with Gasteiger partial charge in [-0.1, -0.05) is 29.8 Å². The Morgan fingerprint density at radius 1 is 1.40 bits per heavy atom. The molecular weight excluding hydrogens is 194 g/mol. The van der Waals surface area contributed by atoms with Crippen molar-refractivity contribution in [3.05, 3.63) is 35.4 Å². The van der Waals surface area contributed by atoms with Gasteiger partial charge in [0.1, 0.15) is 6.07 Å². The van der Waals surface area contributed by atoms with Crippen LogP contribution in [0.3, 0.4) is 0 Å². The molecule has 0 bridgehead atoms. The molecule has 0 aliphatic rings. The molecule has 0 saturated heterocycles. The van der Waals surface area contributed by atoms with Crippen LogP contribution in [0.5, 0.6) is 0 Å². The normalized spacial score (nSPS) is 11.3. The van der Waals surface area contributed by atoms with Gasteiger partial charge in [-0.15, -0.1) is 0 Å². The first-order valence-corrected chi connectivity index (χ1v) is 4.38. The fourth-order valence-electron chi connectivity index (χ4n) is 1.05. The van der Waals surface area contributed by atoms with Gasteiger partial charge in [-0.25, -0.2) is 4.79 Å². The van der Waals surface area contributed by atoms with Gasteiger partial charge >= 0.3 is 6.16 Å². The number of hydrogen-bond acceptors (Lipinski definition) is 4. The molecule has 15 heavy (non-hydrogen) atoms. The van der Waals surface area contributed by atoms with Crippen LogP contribution in [-0.2, 0) is 9.47 Å². The Morgan fingerprint density at radius 3 is 2.47 bits per heavy atom. The van der Waals surface area contributed by atoms with Gasteiger partial charge in [0.15, 0.2) is 0 Å². The van der Waals surface area contributed by atoms with Crippen LogP contribution in [0.1, 0.15) is 17.2 Å². The number of methoxy groups -OCH3 is 1. The Labute approximate surface area is 88.0 Å². The van der Waals surface area contributed by atoms with Gasteiger partial charge in [-0.3, -0.25) is 0 Å². The maximum atomic E-state index is 10.8.